The molecule has 0 aromatic heterocycles. The van der Waals surface area contributed by atoms with Gasteiger partial charge < -0.3 is 14.2 Å². The first kappa shape index (κ1) is 76.9. The fourth-order valence-electron chi connectivity index (χ4n) is 10.2. The Balaban J connectivity index is 4.25. The van der Waals surface area contributed by atoms with Crippen molar-refractivity contribution in [1.29, 1.82) is 0 Å². The van der Waals surface area contributed by atoms with E-state index in [0.717, 1.165) is 89.9 Å². The van der Waals surface area contributed by atoms with Gasteiger partial charge >= 0.3 is 17.9 Å². The Labute approximate surface area is 497 Å². The molecule has 464 valence electrons. The predicted molar refractivity (Wildman–Crippen MR) is 348 cm³/mol. The minimum absolute atomic E-state index is 0.0842. The van der Waals surface area contributed by atoms with Gasteiger partial charge in [0, 0.05) is 19.3 Å². The molecule has 6 heteroatoms. The Morgan fingerprint density at radius 3 is 0.787 bits per heavy atom. The second-order valence-corrected chi connectivity index (χ2v) is 23.4. The molecule has 0 heterocycles. The van der Waals surface area contributed by atoms with Crippen molar-refractivity contribution in [2.75, 3.05) is 13.2 Å². The lowest BCUT2D eigenvalue weighted by Crippen LogP contribution is -2.30. The van der Waals surface area contributed by atoms with Crippen molar-refractivity contribution in [2.45, 2.75) is 367 Å². The van der Waals surface area contributed by atoms with E-state index in [9.17, 15) is 14.4 Å². The monoisotopic (exact) mass is 1120 g/mol. The van der Waals surface area contributed by atoms with Gasteiger partial charge in [0.1, 0.15) is 13.2 Å². The third-order valence-corrected chi connectivity index (χ3v) is 15.4. The van der Waals surface area contributed by atoms with E-state index in [1.807, 2.05) is 0 Å². The van der Waals surface area contributed by atoms with E-state index >= 15 is 0 Å². The molecule has 6 nitrogen and oxygen atoms in total. The molecule has 0 fully saturated rings. The number of carbonyl (C=O) groups is 3. The highest BCUT2D eigenvalue weighted by Crippen LogP contribution is 2.18. The van der Waals surface area contributed by atoms with Gasteiger partial charge in [0.05, 0.1) is 0 Å². The number of esters is 3. The van der Waals surface area contributed by atoms with Gasteiger partial charge in [-0.3, -0.25) is 14.4 Å². The smallest absolute Gasteiger partial charge is 0.306 e. The zero-order valence-electron chi connectivity index (χ0n) is 53.3. The standard InChI is InChI=1S/C74H132O6/c1-4-7-10-13-16-19-22-25-28-30-32-33-34-35-36-37-38-39-40-41-42-44-46-49-52-55-58-61-64-67-73(76)79-70-71(69-78-72(75)66-63-60-57-54-51-48-45-27-24-21-18-15-12-9-6-3)80-74(77)68-65-62-59-56-53-50-47-43-31-29-26-23-20-17-14-11-8-5-2/h9,12,18,21-22,25,27,30,32,45,51,54,71H,4-8,10-11,13-17,19-20,23-24,26,28-29,31,33-44,46-50,52-53,55-70H2,1-3H3/b12-9-,21-18-,25-22-,32-30-,45-27-,54-51-. The van der Waals surface area contributed by atoms with Gasteiger partial charge in [0.25, 0.3) is 0 Å². The second-order valence-electron chi connectivity index (χ2n) is 23.4. The summed E-state index contributed by atoms with van der Waals surface area (Å²) in [7, 11) is 0. The number of allylic oxidation sites excluding steroid dienone is 12. The zero-order chi connectivity index (χ0) is 57.8. The molecule has 0 rings (SSSR count). The molecule has 80 heavy (non-hydrogen) atoms. The summed E-state index contributed by atoms with van der Waals surface area (Å²) in [6.45, 7) is 6.54. The zero-order valence-corrected chi connectivity index (χ0v) is 53.3. The van der Waals surface area contributed by atoms with E-state index in [-0.39, 0.29) is 31.1 Å². The van der Waals surface area contributed by atoms with Crippen LogP contribution >= 0.6 is 0 Å². The SMILES string of the molecule is CC/C=C\C/C=C\C/C=C\C/C=C\CCCCC(=O)OCC(COC(=O)CCCCCCCCCCCCCCCCCCC/C=C\C/C=C\CCCCCCC)OC(=O)CCCCCCCCCCCCCCCCCCCC. The van der Waals surface area contributed by atoms with Crippen molar-refractivity contribution in [3.8, 4) is 0 Å². The van der Waals surface area contributed by atoms with Gasteiger partial charge in [-0.25, -0.2) is 0 Å². The lowest BCUT2D eigenvalue weighted by atomic mass is 10.0. The van der Waals surface area contributed by atoms with Crippen LogP contribution in [-0.4, -0.2) is 37.2 Å². The number of rotatable bonds is 64. The molecule has 0 aliphatic heterocycles. The van der Waals surface area contributed by atoms with Gasteiger partial charge in [0.2, 0.25) is 0 Å². The van der Waals surface area contributed by atoms with E-state index in [4.69, 9.17) is 14.2 Å². The summed E-state index contributed by atoms with van der Waals surface area (Å²) in [5.74, 6) is -0.906. The number of hydrogen-bond acceptors (Lipinski definition) is 6. The van der Waals surface area contributed by atoms with Crippen LogP contribution in [0.15, 0.2) is 72.9 Å². The quantitative estimate of drug-likeness (QED) is 0.0261. The van der Waals surface area contributed by atoms with Crippen molar-refractivity contribution in [2.24, 2.45) is 0 Å². The van der Waals surface area contributed by atoms with Gasteiger partial charge in [-0.2, -0.15) is 0 Å². The van der Waals surface area contributed by atoms with Crippen LogP contribution in [0.4, 0.5) is 0 Å². The van der Waals surface area contributed by atoms with E-state index in [2.05, 4.69) is 93.7 Å². The van der Waals surface area contributed by atoms with Gasteiger partial charge in [0.15, 0.2) is 6.10 Å². The summed E-state index contributed by atoms with van der Waals surface area (Å²) >= 11 is 0. The van der Waals surface area contributed by atoms with Crippen LogP contribution in [-0.2, 0) is 28.6 Å². The molecule has 0 aromatic carbocycles. The molecule has 1 unspecified atom stereocenters. The van der Waals surface area contributed by atoms with Crippen molar-refractivity contribution in [3.05, 3.63) is 72.9 Å². The number of carbonyl (C=O) groups excluding carboxylic acids is 3. The Kier molecular flexibility index (Phi) is 65.7. The lowest BCUT2D eigenvalue weighted by Gasteiger charge is -2.18. The number of unbranched alkanes of at least 4 members (excludes halogenated alkanes) is 41. The molecule has 0 aliphatic rings. The summed E-state index contributed by atoms with van der Waals surface area (Å²) in [4.78, 5) is 38.4. The maximum absolute atomic E-state index is 12.9. The Hall–Kier alpha value is -3.15. The molecule has 0 N–H and O–H groups in total. The summed E-state index contributed by atoms with van der Waals surface area (Å²) < 4.78 is 16.9. The third-order valence-electron chi connectivity index (χ3n) is 15.4. The highest BCUT2D eigenvalue weighted by atomic mass is 16.6. The average molecular weight is 1120 g/mol. The van der Waals surface area contributed by atoms with Crippen LogP contribution in [0, 0.1) is 0 Å². The minimum atomic E-state index is -0.791. The van der Waals surface area contributed by atoms with Crippen LogP contribution < -0.4 is 0 Å². The van der Waals surface area contributed by atoms with E-state index in [0.29, 0.717) is 19.3 Å². The molecule has 0 radical (unpaired) electrons. The normalized spacial score (nSPS) is 12.5. The molecule has 1 atom stereocenters. The molecule has 0 aliphatic carbocycles. The van der Waals surface area contributed by atoms with Crippen molar-refractivity contribution < 1.29 is 28.6 Å². The van der Waals surface area contributed by atoms with E-state index in [1.165, 1.54) is 231 Å². The Morgan fingerprint density at radius 1 is 0.263 bits per heavy atom. The first-order valence-corrected chi connectivity index (χ1v) is 34.9. The van der Waals surface area contributed by atoms with Crippen molar-refractivity contribution >= 4 is 17.9 Å². The Bertz CT molecular complexity index is 1470. The van der Waals surface area contributed by atoms with Crippen LogP contribution in [0.25, 0.3) is 0 Å². The largest absolute Gasteiger partial charge is 0.462 e. The Morgan fingerprint density at radius 2 is 0.487 bits per heavy atom. The molecule has 0 bridgehead atoms. The lowest BCUT2D eigenvalue weighted by molar-refractivity contribution is -0.167. The van der Waals surface area contributed by atoms with Gasteiger partial charge in [-0.15, -0.1) is 0 Å². The average Bonchev–Trinajstić information content (AvgIpc) is 3.46. The number of hydrogen-bond donors (Lipinski definition) is 0. The van der Waals surface area contributed by atoms with Gasteiger partial charge in [-0.05, 0) is 89.9 Å². The first-order valence-electron chi connectivity index (χ1n) is 34.9. The van der Waals surface area contributed by atoms with Crippen LogP contribution in [0.1, 0.15) is 361 Å². The minimum Gasteiger partial charge on any atom is -0.462 e. The maximum Gasteiger partial charge on any atom is 0.306 e. The maximum atomic E-state index is 12.9. The molecular weight excluding hydrogens is 985 g/mol. The fraction of sp³-hybridized carbons (Fsp3) is 0.797. The fourth-order valence-corrected chi connectivity index (χ4v) is 10.2. The molecule has 0 spiro atoms. The molecular formula is C74H132O6. The first-order chi connectivity index (χ1) is 39.5. The van der Waals surface area contributed by atoms with Gasteiger partial charge in [-0.1, -0.05) is 325 Å². The number of ether oxygens (including phenoxy) is 3. The predicted octanol–water partition coefficient (Wildman–Crippen LogP) is 24.1. The molecule has 0 saturated heterocycles. The molecule has 0 aromatic rings. The van der Waals surface area contributed by atoms with E-state index < -0.39 is 6.10 Å². The third kappa shape index (κ3) is 65.7. The van der Waals surface area contributed by atoms with Crippen molar-refractivity contribution in [3.63, 3.8) is 0 Å². The van der Waals surface area contributed by atoms with Crippen LogP contribution in [0.5, 0.6) is 0 Å². The molecule has 0 amide bonds. The second kappa shape index (κ2) is 68.3. The van der Waals surface area contributed by atoms with Crippen LogP contribution in [0.3, 0.4) is 0 Å². The van der Waals surface area contributed by atoms with E-state index in [1.54, 1.807) is 0 Å². The highest BCUT2D eigenvalue weighted by Gasteiger charge is 2.19. The summed E-state index contributed by atoms with van der Waals surface area (Å²) in [5, 5.41) is 0. The highest BCUT2D eigenvalue weighted by molar-refractivity contribution is 5.71. The molecule has 0 saturated carbocycles. The topological polar surface area (TPSA) is 78.9 Å². The summed E-state index contributed by atoms with van der Waals surface area (Å²) in [5.41, 5.74) is 0. The van der Waals surface area contributed by atoms with Crippen LogP contribution in [0.2, 0.25) is 0 Å². The van der Waals surface area contributed by atoms with Crippen molar-refractivity contribution in [1.82, 2.24) is 0 Å². The summed E-state index contributed by atoms with van der Waals surface area (Å²) in [6, 6.07) is 0. The summed E-state index contributed by atoms with van der Waals surface area (Å²) in [6.07, 6.45) is 89.4.